The first-order chi connectivity index (χ1) is 9.22. The van der Waals surface area contributed by atoms with Crippen molar-refractivity contribution in [1.29, 1.82) is 0 Å². The second-order valence-electron chi connectivity index (χ2n) is 5.51. The van der Waals surface area contributed by atoms with Crippen LogP contribution in [-0.2, 0) is 11.2 Å². The topological polar surface area (TPSA) is 80.1 Å². The third kappa shape index (κ3) is 3.91. The monoisotopic (exact) mass is 267 g/mol. The molecular formula is C13H25N5O. The van der Waals surface area contributed by atoms with Gasteiger partial charge in [-0.25, -0.2) is 0 Å². The number of nitrogens with zero attached hydrogens (tertiary/aromatic N) is 3. The minimum Gasteiger partial charge on any atom is -0.384 e. The van der Waals surface area contributed by atoms with Crippen molar-refractivity contribution < 1.29 is 4.74 Å². The number of H-pyrrole nitrogens is 1. The van der Waals surface area contributed by atoms with E-state index < -0.39 is 0 Å². The summed E-state index contributed by atoms with van der Waals surface area (Å²) in [5.74, 6) is 2.89. The zero-order chi connectivity index (χ0) is 13.7. The molecule has 0 aromatic carbocycles. The van der Waals surface area contributed by atoms with Gasteiger partial charge < -0.3 is 15.4 Å². The minimum atomic E-state index is 0.453. The SMILES string of the molecule is COCC(C)Cc1nc(N2CCC(CN)CC2)n[nH]1. The predicted molar refractivity (Wildman–Crippen MR) is 75.1 cm³/mol. The van der Waals surface area contributed by atoms with Crippen LogP contribution in [0.3, 0.4) is 0 Å². The van der Waals surface area contributed by atoms with Gasteiger partial charge in [-0.05, 0) is 31.2 Å². The summed E-state index contributed by atoms with van der Waals surface area (Å²) in [6.45, 7) is 5.71. The first-order valence-electron chi connectivity index (χ1n) is 7.08. The summed E-state index contributed by atoms with van der Waals surface area (Å²) in [7, 11) is 1.73. The summed E-state index contributed by atoms with van der Waals surface area (Å²) in [6, 6.07) is 0. The Bertz CT molecular complexity index is 373. The molecule has 6 heteroatoms. The highest BCUT2D eigenvalue weighted by Crippen LogP contribution is 2.20. The number of nitrogens with one attached hydrogen (secondary N) is 1. The second kappa shape index (κ2) is 6.86. The van der Waals surface area contributed by atoms with Crippen LogP contribution in [0.5, 0.6) is 0 Å². The van der Waals surface area contributed by atoms with E-state index >= 15 is 0 Å². The highest BCUT2D eigenvalue weighted by Gasteiger charge is 2.21. The standard InChI is InChI=1S/C13H25N5O/c1-10(9-19-2)7-12-15-13(17-16-12)18-5-3-11(8-14)4-6-18/h10-11H,3-9,14H2,1-2H3,(H,15,16,17). The van der Waals surface area contributed by atoms with Gasteiger partial charge >= 0.3 is 0 Å². The van der Waals surface area contributed by atoms with Crippen molar-refractivity contribution in [3.05, 3.63) is 5.82 Å². The lowest BCUT2D eigenvalue weighted by Gasteiger charge is -2.30. The molecule has 1 aromatic rings. The Hall–Kier alpha value is -1.14. The molecule has 0 amide bonds. The van der Waals surface area contributed by atoms with Gasteiger partial charge in [-0.1, -0.05) is 6.92 Å². The number of anilines is 1. The number of ether oxygens (including phenoxy) is 1. The molecule has 19 heavy (non-hydrogen) atoms. The van der Waals surface area contributed by atoms with Gasteiger partial charge in [-0.15, -0.1) is 5.10 Å². The third-order valence-corrected chi connectivity index (χ3v) is 3.74. The molecule has 1 atom stereocenters. The summed E-state index contributed by atoms with van der Waals surface area (Å²) in [4.78, 5) is 6.82. The Morgan fingerprint density at radius 2 is 2.21 bits per heavy atom. The smallest absolute Gasteiger partial charge is 0.244 e. The van der Waals surface area contributed by atoms with E-state index in [9.17, 15) is 0 Å². The highest BCUT2D eigenvalue weighted by atomic mass is 16.5. The maximum Gasteiger partial charge on any atom is 0.244 e. The molecule has 6 nitrogen and oxygen atoms in total. The van der Waals surface area contributed by atoms with Crippen molar-refractivity contribution in [2.45, 2.75) is 26.2 Å². The van der Waals surface area contributed by atoms with Crippen LogP contribution in [0.15, 0.2) is 0 Å². The molecule has 1 aromatic heterocycles. The lowest BCUT2D eigenvalue weighted by molar-refractivity contribution is 0.159. The Labute approximate surface area is 114 Å². The molecule has 1 fully saturated rings. The Morgan fingerprint density at radius 1 is 1.47 bits per heavy atom. The first-order valence-corrected chi connectivity index (χ1v) is 7.08. The normalized spacial score (nSPS) is 18.8. The van der Waals surface area contributed by atoms with E-state index in [0.29, 0.717) is 11.8 Å². The molecule has 0 bridgehead atoms. The molecule has 1 aliphatic rings. The molecule has 0 saturated carbocycles. The van der Waals surface area contributed by atoms with Gasteiger partial charge in [0.05, 0.1) is 0 Å². The molecule has 0 aliphatic carbocycles. The van der Waals surface area contributed by atoms with Crippen LogP contribution in [0.4, 0.5) is 5.95 Å². The molecule has 0 spiro atoms. The van der Waals surface area contributed by atoms with Crippen LogP contribution in [0.2, 0.25) is 0 Å². The number of hydrogen-bond donors (Lipinski definition) is 2. The van der Waals surface area contributed by atoms with E-state index in [2.05, 4.69) is 27.0 Å². The fourth-order valence-corrected chi connectivity index (χ4v) is 2.56. The van der Waals surface area contributed by atoms with Gasteiger partial charge in [-0.2, -0.15) is 4.98 Å². The van der Waals surface area contributed by atoms with Crippen molar-refractivity contribution in [2.24, 2.45) is 17.6 Å². The second-order valence-corrected chi connectivity index (χ2v) is 5.51. The van der Waals surface area contributed by atoms with Gasteiger partial charge in [0.25, 0.3) is 0 Å². The number of aromatic amines is 1. The zero-order valence-electron chi connectivity index (χ0n) is 11.9. The molecule has 1 saturated heterocycles. The summed E-state index contributed by atoms with van der Waals surface area (Å²) >= 11 is 0. The van der Waals surface area contributed by atoms with Gasteiger partial charge in [0, 0.05) is 33.2 Å². The lowest BCUT2D eigenvalue weighted by atomic mass is 9.97. The quantitative estimate of drug-likeness (QED) is 0.797. The minimum absolute atomic E-state index is 0.453. The average molecular weight is 267 g/mol. The average Bonchev–Trinajstić information content (AvgIpc) is 2.87. The molecule has 108 valence electrons. The van der Waals surface area contributed by atoms with Crippen LogP contribution in [0, 0.1) is 11.8 Å². The third-order valence-electron chi connectivity index (χ3n) is 3.74. The van der Waals surface area contributed by atoms with Crippen LogP contribution in [0.1, 0.15) is 25.6 Å². The summed E-state index contributed by atoms with van der Waals surface area (Å²) in [5.41, 5.74) is 5.71. The maximum atomic E-state index is 5.71. The molecule has 3 N–H and O–H groups in total. The number of piperidine rings is 1. The van der Waals surface area contributed by atoms with Crippen LogP contribution >= 0.6 is 0 Å². The summed E-state index contributed by atoms with van der Waals surface area (Å²) in [6.07, 6.45) is 3.15. The molecule has 1 aliphatic heterocycles. The van der Waals surface area contributed by atoms with Gasteiger partial charge in [0.15, 0.2) is 0 Å². The van der Waals surface area contributed by atoms with Crippen molar-refractivity contribution in [3.63, 3.8) is 0 Å². The lowest BCUT2D eigenvalue weighted by Crippen LogP contribution is -2.36. The number of nitrogens with two attached hydrogens (primary N) is 1. The van der Waals surface area contributed by atoms with E-state index in [1.54, 1.807) is 7.11 Å². The number of hydrogen-bond acceptors (Lipinski definition) is 5. The van der Waals surface area contributed by atoms with Crippen LogP contribution in [0.25, 0.3) is 0 Å². The van der Waals surface area contributed by atoms with E-state index in [1.165, 1.54) is 0 Å². The maximum absolute atomic E-state index is 5.71. The Kier molecular flexibility index (Phi) is 5.15. The van der Waals surface area contributed by atoms with Crippen molar-refractivity contribution in [1.82, 2.24) is 15.2 Å². The fraction of sp³-hybridized carbons (Fsp3) is 0.846. The predicted octanol–water partition coefficient (Wildman–Crippen LogP) is 0.805. The first kappa shape index (κ1) is 14.3. The van der Waals surface area contributed by atoms with Gasteiger partial charge in [-0.3, -0.25) is 5.10 Å². The van der Waals surface area contributed by atoms with Crippen LogP contribution < -0.4 is 10.6 Å². The fourth-order valence-electron chi connectivity index (χ4n) is 2.56. The number of aromatic nitrogens is 3. The highest BCUT2D eigenvalue weighted by molar-refractivity contribution is 5.29. The molecular weight excluding hydrogens is 242 g/mol. The number of methoxy groups -OCH3 is 1. The molecule has 2 heterocycles. The number of rotatable bonds is 6. The van der Waals surface area contributed by atoms with E-state index in [1.807, 2.05) is 0 Å². The molecule has 2 rings (SSSR count). The summed E-state index contributed by atoms with van der Waals surface area (Å²) in [5, 5.41) is 7.36. The Balaban J connectivity index is 1.87. The van der Waals surface area contributed by atoms with E-state index in [4.69, 9.17) is 10.5 Å². The van der Waals surface area contributed by atoms with E-state index in [0.717, 1.165) is 57.3 Å². The molecule has 1 unspecified atom stereocenters. The van der Waals surface area contributed by atoms with Gasteiger partial charge in [0.1, 0.15) is 5.82 Å². The van der Waals surface area contributed by atoms with Crippen molar-refractivity contribution in [2.75, 3.05) is 38.3 Å². The Morgan fingerprint density at radius 3 is 2.84 bits per heavy atom. The van der Waals surface area contributed by atoms with Crippen molar-refractivity contribution >= 4 is 5.95 Å². The molecule has 0 radical (unpaired) electrons. The largest absolute Gasteiger partial charge is 0.384 e. The summed E-state index contributed by atoms with van der Waals surface area (Å²) < 4.78 is 5.14. The van der Waals surface area contributed by atoms with E-state index in [-0.39, 0.29) is 0 Å². The van der Waals surface area contributed by atoms with Crippen LogP contribution in [-0.4, -0.2) is 48.5 Å². The zero-order valence-corrected chi connectivity index (χ0v) is 11.9. The van der Waals surface area contributed by atoms with Gasteiger partial charge in [0.2, 0.25) is 5.95 Å². The van der Waals surface area contributed by atoms with Crippen molar-refractivity contribution in [3.8, 4) is 0 Å².